The zero-order valence-corrected chi connectivity index (χ0v) is 15.2. The number of ether oxygens (including phenoxy) is 1. The number of hydrogen-bond donors (Lipinski definition) is 2. The van der Waals surface area contributed by atoms with Gasteiger partial charge in [-0.2, -0.15) is 0 Å². The average molecular weight is 374 g/mol. The van der Waals surface area contributed by atoms with E-state index in [1.807, 2.05) is 31.2 Å². The molecule has 2 amide bonds. The van der Waals surface area contributed by atoms with Gasteiger partial charge in [0.1, 0.15) is 0 Å². The summed E-state index contributed by atoms with van der Waals surface area (Å²) < 4.78 is 18.4. The van der Waals surface area contributed by atoms with E-state index in [1.54, 1.807) is 6.07 Å². The van der Waals surface area contributed by atoms with E-state index in [0.717, 1.165) is 10.5 Å². The molecule has 0 bridgehead atoms. The summed E-state index contributed by atoms with van der Waals surface area (Å²) in [6.07, 6.45) is 2.64. The topological polar surface area (TPSA) is 67.4 Å². The van der Waals surface area contributed by atoms with Gasteiger partial charge in [-0.1, -0.05) is 23.8 Å². The molecule has 2 aromatic carbocycles. The first-order valence-corrected chi connectivity index (χ1v) is 8.76. The molecular weight excluding hydrogens is 355 g/mol. The summed E-state index contributed by atoms with van der Waals surface area (Å²) in [4.78, 5) is 24.4. The van der Waals surface area contributed by atoms with Gasteiger partial charge in [-0.15, -0.1) is 11.8 Å². The predicted octanol–water partition coefficient (Wildman–Crippen LogP) is 3.10. The summed E-state index contributed by atoms with van der Waals surface area (Å²) in [7, 11) is 1.38. The SMILES string of the molecule is COc1ccc(/C=C/C(=O)NNC(=O)CSc2ccc(C)cc2)cc1F. The van der Waals surface area contributed by atoms with Gasteiger partial charge in [0.15, 0.2) is 11.6 Å². The summed E-state index contributed by atoms with van der Waals surface area (Å²) in [6.45, 7) is 1.99. The molecule has 0 atom stereocenters. The lowest BCUT2D eigenvalue weighted by Gasteiger charge is -2.05. The number of benzene rings is 2. The van der Waals surface area contributed by atoms with Gasteiger partial charge in [-0.25, -0.2) is 4.39 Å². The third-order valence-corrected chi connectivity index (χ3v) is 4.33. The van der Waals surface area contributed by atoms with Crippen molar-refractivity contribution in [2.24, 2.45) is 0 Å². The number of aryl methyl sites for hydroxylation is 1. The summed E-state index contributed by atoms with van der Waals surface area (Å²) in [6, 6.07) is 12.1. The third kappa shape index (κ3) is 6.25. The molecule has 0 aromatic heterocycles. The highest BCUT2D eigenvalue weighted by Crippen LogP contribution is 2.18. The fourth-order valence-corrected chi connectivity index (χ4v) is 2.65. The molecule has 2 N–H and O–H groups in total. The minimum absolute atomic E-state index is 0.130. The lowest BCUT2D eigenvalue weighted by Crippen LogP contribution is -2.41. The Morgan fingerprint density at radius 3 is 2.54 bits per heavy atom. The van der Waals surface area contributed by atoms with E-state index in [9.17, 15) is 14.0 Å². The Hall–Kier alpha value is -2.80. The molecule has 26 heavy (non-hydrogen) atoms. The lowest BCUT2D eigenvalue weighted by molar-refractivity contribution is -0.125. The van der Waals surface area contributed by atoms with Crippen molar-refractivity contribution < 1.29 is 18.7 Å². The molecule has 2 rings (SSSR count). The monoisotopic (exact) mass is 374 g/mol. The van der Waals surface area contributed by atoms with Crippen LogP contribution >= 0.6 is 11.8 Å². The van der Waals surface area contributed by atoms with Crippen LogP contribution in [0, 0.1) is 12.7 Å². The Morgan fingerprint density at radius 1 is 1.15 bits per heavy atom. The summed E-state index contributed by atoms with van der Waals surface area (Å²) in [5.74, 6) is -1.05. The second kappa shape index (κ2) is 9.62. The molecule has 5 nitrogen and oxygen atoms in total. The van der Waals surface area contributed by atoms with Crippen LogP contribution in [0.2, 0.25) is 0 Å². The Morgan fingerprint density at radius 2 is 1.88 bits per heavy atom. The largest absolute Gasteiger partial charge is 0.494 e. The molecular formula is C19H19FN2O3S. The third-order valence-electron chi connectivity index (χ3n) is 3.32. The molecule has 0 unspecified atom stereocenters. The molecule has 0 aliphatic rings. The van der Waals surface area contributed by atoms with Crippen molar-refractivity contribution in [3.63, 3.8) is 0 Å². The van der Waals surface area contributed by atoms with Crippen LogP contribution in [0.1, 0.15) is 11.1 Å². The zero-order valence-electron chi connectivity index (χ0n) is 14.4. The number of carbonyl (C=O) groups excluding carboxylic acids is 2. The second-order valence-electron chi connectivity index (χ2n) is 5.37. The molecule has 0 fully saturated rings. The van der Waals surface area contributed by atoms with Crippen LogP contribution in [0.25, 0.3) is 6.08 Å². The lowest BCUT2D eigenvalue weighted by atomic mass is 10.2. The van der Waals surface area contributed by atoms with E-state index in [0.29, 0.717) is 5.56 Å². The minimum Gasteiger partial charge on any atom is -0.494 e. The van der Waals surface area contributed by atoms with Crippen molar-refractivity contribution >= 4 is 29.7 Å². The Labute approximate surface area is 155 Å². The number of thioether (sulfide) groups is 1. The normalized spacial score (nSPS) is 10.6. The molecule has 0 spiro atoms. The fraction of sp³-hybridized carbons (Fsp3) is 0.158. The smallest absolute Gasteiger partial charge is 0.262 e. The number of rotatable bonds is 6. The Kier molecular flexibility index (Phi) is 7.23. The Bertz CT molecular complexity index is 807. The van der Waals surface area contributed by atoms with Crippen LogP contribution in [0.3, 0.4) is 0 Å². The van der Waals surface area contributed by atoms with Gasteiger partial charge in [0.05, 0.1) is 12.9 Å². The molecule has 2 aromatic rings. The van der Waals surface area contributed by atoms with E-state index in [1.165, 1.54) is 43.2 Å². The number of methoxy groups -OCH3 is 1. The standard InChI is InChI=1S/C19H19FN2O3S/c1-13-3-7-15(8-4-13)26-12-19(24)22-21-18(23)10-6-14-5-9-17(25-2)16(20)11-14/h3-11H,12H2,1-2H3,(H,21,23)(H,22,24)/b10-6+. The maximum absolute atomic E-state index is 13.6. The van der Waals surface area contributed by atoms with Crippen molar-refractivity contribution in [1.82, 2.24) is 10.9 Å². The highest BCUT2D eigenvalue weighted by Gasteiger charge is 2.05. The van der Waals surface area contributed by atoms with Crippen molar-refractivity contribution in [1.29, 1.82) is 0 Å². The molecule has 0 aliphatic heterocycles. The molecule has 136 valence electrons. The van der Waals surface area contributed by atoms with Crippen LogP contribution in [-0.2, 0) is 9.59 Å². The average Bonchev–Trinajstić information content (AvgIpc) is 2.64. The van der Waals surface area contributed by atoms with Crippen molar-refractivity contribution in [3.05, 3.63) is 65.5 Å². The molecule has 0 saturated heterocycles. The molecule has 0 aliphatic carbocycles. The quantitative estimate of drug-likeness (QED) is 0.463. The molecule has 7 heteroatoms. The van der Waals surface area contributed by atoms with Gasteiger partial charge in [0, 0.05) is 11.0 Å². The molecule has 0 radical (unpaired) electrons. The highest BCUT2D eigenvalue weighted by molar-refractivity contribution is 8.00. The highest BCUT2D eigenvalue weighted by atomic mass is 32.2. The number of amides is 2. The first-order chi connectivity index (χ1) is 12.5. The van der Waals surface area contributed by atoms with Crippen molar-refractivity contribution in [3.8, 4) is 5.75 Å². The minimum atomic E-state index is -0.519. The van der Waals surface area contributed by atoms with E-state index >= 15 is 0 Å². The summed E-state index contributed by atoms with van der Waals surface area (Å²) >= 11 is 1.37. The van der Waals surface area contributed by atoms with Crippen molar-refractivity contribution in [2.45, 2.75) is 11.8 Å². The van der Waals surface area contributed by atoms with Gasteiger partial charge in [-0.3, -0.25) is 20.4 Å². The van der Waals surface area contributed by atoms with Crippen LogP contribution in [-0.4, -0.2) is 24.7 Å². The fourth-order valence-electron chi connectivity index (χ4n) is 1.95. The molecule has 0 heterocycles. The number of carbonyl (C=O) groups is 2. The molecule has 0 saturated carbocycles. The van der Waals surface area contributed by atoms with Crippen LogP contribution in [0.5, 0.6) is 5.75 Å². The predicted molar refractivity (Wildman–Crippen MR) is 100 cm³/mol. The number of hydrazine groups is 1. The van der Waals surface area contributed by atoms with E-state index in [4.69, 9.17) is 4.74 Å². The zero-order chi connectivity index (χ0) is 18.9. The Balaban J connectivity index is 1.76. The van der Waals surface area contributed by atoms with Gasteiger partial charge < -0.3 is 4.74 Å². The van der Waals surface area contributed by atoms with Crippen molar-refractivity contribution in [2.75, 3.05) is 12.9 Å². The number of nitrogens with one attached hydrogen (secondary N) is 2. The summed E-state index contributed by atoms with van der Waals surface area (Å²) in [5.41, 5.74) is 6.25. The first kappa shape index (κ1) is 19.5. The van der Waals surface area contributed by atoms with E-state index < -0.39 is 11.7 Å². The first-order valence-electron chi connectivity index (χ1n) is 7.78. The summed E-state index contributed by atoms with van der Waals surface area (Å²) in [5, 5.41) is 0. The van der Waals surface area contributed by atoms with Gasteiger partial charge in [0.2, 0.25) is 5.91 Å². The van der Waals surface area contributed by atoms with Gasteiger partial charge in [-0.05, 0) is 42.8 Å². The van der Waals surface area contributed by atoms with Gasteiger partial charge in [0.25, 0.3) is 5.91 Å². The van der Waals surface area contributed by atoms with E-state index in [-0.39, 0.29) is 17.4 Å². The maximum Gasteiger partial charge on any atom is 0.262 e. The number of hydrogen-bond acceptors (Lipinski definition) is 4. The van der Waals surface area contributed by atoms with Crippen LogP contribution in [0.15, 0.2) is 53.4 Å². The second-order valence-corrected chi connectivity index (χ2v) is 6.42. The maximum atomic E-state index is 13.6. The van der Waals surface area contributed by atoms with Crippen LogP contribution in [0.4, 0.5) is 4.39 Å². The van der Waals surface area contributed by atoms with Crippen LogP contribution < -0.4 is 15.6 Å². The van der Waals surface area contributed by atoms with Gasteiger partial charge >= 0.3 is 0 Å². The number of halogens is 1. The van der Waals surface area contributed by atoms with E-state index in [2.05, 4.69) is 10.9 Å².